The summed E-state index contributed by atoms with van der Waals surface area (Å²) in [5.74, 6) is 0.672. The molecule has 0 amide bonds. The summed E-state index contributed by atoms with van der Waals surface area (Å²) in [6, 6.07) is 9.54. The van der Waals surface area contributed by atoms with Gasteiger partial charge in [0.05, 0.1) is 6.26 Å². The maximum Gasteiger partial charge on any atom is 0.184 e. The van der Waals surface area contributed by atoms with Crippen molar-refractivity contribution in [1.29, 1.82) is 5.26 Å². The van der Waals surface area contributed by atoms with Gasteiger partial charge in [-0.15, -0.1) is 0 Å². The summed E-state index contributed by atoms with van der Waals surface area (Å²) in [6.45, 7) is 1.92. The Morgan fingerprint density at radius 3 is 3.07 bits per heavy atom. The molecule has 0 bridgehead atoms. The number of nitriles is 1. The minimum absolute atomic E-state index is 0.391. The van der Waals surface area contributed by atoms with Crippen molar-refractivity contribution in [2.45, 2.75) is 19.4 Å². The second-order valence-electron chi connectivity index (χ2n) is 3.26. The molecule has 0 aliphatic heterocycles. The fraction of sp³-hybridized carbons (Fsp3) is 0.250. The molecule has 0 fully saturated rings. The van der Waals surface area contributed by atoms with Gasteiger partial charge in [-0.1, -0.05) is 6.92 Å². The predicted octanol–water partition coefficient (Wildman–Crippen LogP) is 3.11. The summed E-state index contributed by atoms with van der Waals surface area (Å²) < 4.78 is 10.7. The Labute approximate surface area is 87.9 Å². The van der Waals surface area contributed by atoms with Gasteiger partial charge in [0.25, 0.3) is 0 Å². The van der Waals surface area contributed by atoms with Gasteiger partial charge in [0, 0.05) is 11.5 Å². The number of furan rings is 1. The first-order valence-electron chi connectivity index (χ1n) is 4.87. The normalized spacial score (nSPS) is 12.3. The topological polar surface area (TPSA) is 46.2 Å². The number of ether oxygens (including phenoxy) is 1. The standard InChI is InChI=1S/C12H11NO2/c1-2-10(8-13)15-11-4-3-9-5-6-14-12(9)7-11/h3-7,10H,2H2,1H3. The van der Waals surface area contributed by atoms with Crippen molar-refractivity contribution in [3.63, 3.8) is 0 Å². The molecule has 1 aromatic carbocycles. The molecule has 1 unspecified atom stereocenters. The summed E-state index contributed by atoms with van der Waals surface area (Å²) >= 11 is 0. The van der Waals surface area contributed by atoms with Crippen molar-refractivity contribution in [2.24, 2.45) is 0 Å². The van der Waals surface area contributed by atoms with Crippen molar-refractivity contribution in [3.8, 4) is 11.8 Å². The number of hydrogen-bond acceptors (Lipinski definition) is 3. The Hall–Kier alpha value is -1.95. The molecule has 0 N–H and O–H groups in total. The van der Waals surface area contributed by atoms with Crippen LogP contribution in [-0.2, 0) is 0 Å². The van der Waals surface area contributed by atoms with Gasteiger partial charge >= 0.3 is 0 Å². The quantitative estimate of drug-likeness (QED) is 0.766. The summed E-state index contributed by atoms with van der Waals surface area (Å²) in [4.78, 5) is 0. The Morgan fingerprint density at radius 1 is 1.47 bits per heavy atom. The Bertz CT molecular complexity index is 496. The van der Waals surface area contributed by atoms with Crippen LogP contribution in [0.4, 0.5) is 0 Å². The van der Waals surface area contributed by atoms with Crippen LogP contribution in [0, 0.1) is 11.3 Å². The summed E-state index contributed by atoms with van der Waals surface area (Å²) in [5, 5.41) is 9.80. The Balaban J connectivity index is 2.25. The highest BCUT2D eigenvalue weighted by atomic mass is 16.5. The summed E-state index contributed by atoms with van der Waals surface area (Å²) in [6.07, 6.45) is 1.92. The highest BCUT2D eigenvalue weighted by Crippen LogP contribution is 2.22. The molecule has 0 aliphatic rings. The zero-order chi connectivity index (χ0) is 10.7. The maximum absolute atomic E-state index is 8.76. The Kier molecular flexibility index (Phi) is 2.59. The lowest BCUT2D eigenvalue weighted by atomic mass is 10.2. The van der Waals surface area contributed by atoms with E-state index in [1.165, 1.54) is 0 Å². The molecular weight excluding hydrogens is 190 g/mol. The highest BCUT2D eigenvalue weighted by Gasteiger charge is 2.06. The minimum Gasteiger partial charge on any atom is -0.475 e. The molecule has 2 aromatic rings. The van der Waals surface area contributed by atoms with Gasteiger partial charge in [-0.3, -0.25) is 0 Å². The zero-order valence-corrected chi connectivity index (χ0v) is 8.43. The van der Waals surface area contributed by atoms with Crippen molar-refractivity contribution in [2.75, 3.05) is 0 Å². The fourth-order valence-corrected chi connectivity index (χ4v) is 1.37. The molecular formula is C12H11NO2. The number of hydrogen-bond donors (Lipinski definition) is 0. The van der Waals surface area contributed by atoms with Crippen LogP contribution >= 0.6 is 0 Å². The van der Waals surface area contributed by atoms with E-state index in [0.717, 1.165) is 11.0 Å². The smallest absolute Gasteiger partial charge is 0.184 e. The van der Waals surface area contributed by atoms with Crippen LogP contribution in [0.1, 0.15) is 13.3 Å². The van der Waals surface area contributed by atoms with Crippen molar-refractivity contribution in [1.82, 2.24) is 0 Å². The molecule has 0 saturated heterocycles. The van der Waals surface area contributed by atoms with Crippen LogP contribution in [-0.4, -0.2) is 6.10 Å². The lowest BCUT2D eigenvalue weighted by Crippen LogP contribution is -2.11. The van der Waals surface area contributed by atoms with E-state index in [4.69, 9.17) is 14.4 Å². The van der Waals surface area contributed by atoms with Crippen LogP contribution in [0.15, 0.2) is 34.9 Å². The molecule has 15 heavy (non-hydrogen) atoms. The molecule has 3 nitrogen and oxygen atoms in total. The first-order valence-corrected chi connectivity index (χ1v) is 4.87. The number of nitrogens with zero attached hydrogens (tertiary/aromatic N) is 1. The molecule has 1 atom stereocenters. The second-order valence-corrected chi connectivity index (χ2v) is 3.26. The van der Waals surface area contributed by atoms with E-state index in [1.807, 2.05) is 25.1 Å². The average molecular weight is 201 g/mol. The molecule has 0 radical (unpaired) electrons. The Morgan fingerprint density at radius 2 is 2.33 bits per heavy atom. The minimum atomic E-state index is -0.391. The molecule has 0 saturated carbocycles. The van der Waals surface area contributed by atoms with E-state index in [-0.39, 0.29) is 0 Å². The number of benzene rings is 1. The molecule has 3 heteroatoms. The first-order chi connectivity index (χ1) is 7.33. The molecule has 1 heterocycles. The van der Waals surface area contributed by atoms with Crippen LogP contribution in [0.25, 0.3) is 11.0 Å². The lowest BCUT2D eigenvalue weighted by molar-refractivity contribution is 0.252. The van der Waals surface area contributed by atoms with Crippen LogP contribution in [0.2, 0.25) is 0 Å². The van der Waals surface area contributed by atoms with Gasteiger partial charge in [0.2, 0.25) is 0 Å². The van der Waals surface area contributed by atoms with Crippen molar-refractivity contribution < 1.29 is 9.15 Å². The maximum atomic E-state index is 8.76. The zero-order valence-electron chi connectivity index (χ0n) is 8.43. The third-order valence-electron chi connectivity index (χ3n) is 2.22. The molecule has 2 rings (SSSR count). The molecule has 1 aromatic heterocycles. The fourth-order valence-electron chi connectivity index (χ4n) is 1.37. The van der Waals surface area contributed by atoms with E-state index in [9.17, 15) is 0 Å². The van der Waals surface area contributed by atoms with Crippen LogP contribution in [0.5, 0.6) is 5.75 Å². The largest absolute Gasteiger partial charge is 0.475 e. The SMILES string of the molecule is CCC(C#N)Oc1ccc2ccoc2c1. The van der Waals surface area contributed by atoms with Gasteiger partial charge < -0.3 is 9.15 Å². The molecule has 76 valence electrons. The van der Waals surface area contributed by atoms with Gasteiger partial charge in [0.1, 0.15) is 17.4 Å². The second kappa shape index (κ2) is 4.05. The average Bonchev–Trinajstić information content (AvgIpc) is 2.73. The highest BCUT2D eigenvalue weighted by molar-refractivity contribution is 5.78. The van der Waals surface area contributed by atoms with Crippen LogP contribution in [0.3, 0.4) is 0 Å². The number of rotatable bonds is 3. The van der Waals surface area contributed by atoms with E-state index in [2.05, 4.69) is 6.07 Å². The van der Waals surface area contributed by atoms with Crippen LogP contribution < -0.4 is 4.74 Å². The van der Waals surface area contributed by atoms with E-state index in [0.29, 0.717) is 12.2 Å². The van der Waals surface area contributed by atoms with Gasteiger partial charge in [-0.05, 0) is 24.6 Å². The van der Waals surface area contributed by atoms with Gasteiger partial charge in [-0.2, -0.15) is 5.26 Å². The van der Waals surface area contributed by atoms with Crippen molar-refractivity contribution >= 4 is 11.0 Å². The van der Waals surface area contributed by atoms with Crippen molar-refractivity contribution in [3.05, 3.63) is 30.5 Å². The monoisotopic (exact) mass is 201 g/mol. The summed E-state index contributed by atoms with van der Waals surface area (Å²) in [7, 11) is 0. The van der Waals surface area contributed by atoms with E-state index < -0.39 is 6.10 Å². The third kappa shape index (κ3) is 1.94. The molecule has 0 spiro atoms. The summed E-state index contributed by atoms with van der Waals surface area (Å²) in [5.41, 5.74) is 0.778. The molecule has 0 aliphatic carbocycles. The lowest BCUT2D eigenvalue weighted by Gasteiger charge is -2.09. The predicted molar refractivity (Wildman–Crippen MR) is 56.5 cm³/mol. The first kappa shape index (κ1) is 9.60. The third-order valence-corrected chi connectivity index (χ3v) is 2.22. The van der Waals surface area contributed by atoms with E-state index in [1.54, 1.807) is 12.3 Å². The van der Waals surface area contributed by atoms with Gasteiger partial charge in [0.15, 0.2) is 6.10 Å². The van der Waals surface area contributed by atoms with E-state index >= 15 is 0 Å². The number of fused-ring (bicyclic) bond motifs is 1. The van der Waals surface area contributed by atoms with Gasteiger partial charge in [-0.25, -0.2) is 0 Å².